The van der Waals surface area contributed by atoms with Crippen LogP contribution in [0.3, 0.4) is 0 Å². The Morgan fingerprint density at radius 3 is 2.41 bits per heavy atom. The lowest BCUT2D eigenvalue weighted by Crippen LogP contribution is -2.26. The standard InChI is InChI=1S/C23H33FN3O4P/c1-8-31-32(30)16-13-14(24)9-10-15(16)25-20(26-32)17-18(28)19(23(5,6)7)27(21(17)29)12-11-22(2,3)4/h9-10,13,28-29H,8,11-12H2,1-7H3,(H,25,26,30). The van der Waals surface area contributed by atoms with Crippen molar-refractivity contribution in [1.82, 2.24) is 4.57 Å². The first-order valence-electron chi connectivity index (χ1n) is 10.7. The number of benzene rings is 1. The molecule has 3 N–H and O–H groups in total. The molecule has 0 bridgehead atoms. The lowest BCUT2D eigenvalue weighted by molar-refractivity contribution is 0.319. The summed E-state index contributed by atoms with van der Waals surface area (Å²) in [5.41, 5.74) is 0.480. The average molecular weight is 466 g/mol. The molecular formula is C23H33FN3O4P. The maximum absolute atomic E-state index is 13.9. The third kappa shape index (κ3) is 4.57. The molecule has 0 radical (unpaired) electrons. The summed E-state index contributed by atoms with van der Waals surface area (Å²) < 4.78 is 38.9. The van der Waals surface area contributed by atoms with Crippen LogP contribution in [0.25, 0.3) is 0 Å². The normalized spacial score (nSPS) is 18.8. The van der Waals surface area contributed by atoms with Gasteiger partial charge in [0.2, 0.25) is 5.88 Å². The fourth-order valence-electron chi connectivity index (χ4n) is 3.80. The second-order valence-electron chi connectivity index (χ2n) is 10.3. The van der Waals surface area contributed by atoms with Gasteiger partial charge in [-0.25, -0.2) is 4.39 Å². The average Bonchev–Trinajstić information content (AvgIpc) is 2.90. The summed E-state index contributed by atoms with van der Waals surface area (Å²) in [6.45, 7) is 14.4. The van der Waals surface area contributed by atoms with Crippen LogP contribution in [0.1, 0.15) is 66.1 Å². The van der Waals surface area contributed by atoms with Crippen LogP contribution in [0.2, 0.25) is 0 Å². The van der Waals surface area contributed by atoms with Crippen molar-refractivity contribution in [1.29, 1.82) is 0 Å². The van der Waals surface area contributed by atoms with Crippen LogP contribution in [-0.2, 0) is 21.0 Å². The Labute approximate surface area is 188 Å². The number of rotatable bonds is 5. The van der Waals surface area contributed by atoms with Gasteiger partial charge in [-0.2, -0.15) is 4.76 Å². The van der Waals surface area contributed by atoms with E-state index in [9.17, 15) is 19.2 Å². The maximum atomic E-state index is 13.9. The molecule has 0 amide bonds. The summed E-state index contributed by atoms with van der Waals surface area (Å²) in [6, 6.07) is 3.81. The van der Waals surface area contributed by atoms with Crippen LogP contribution in [0, 0.1) is 11.2 Å². The fourth-order valence-corrected chi connectivity index (χ4v) is 5.59. The van der Waals surface area contributed by atoms with Crippen molar-refractivity contribution in [3.05, 3.63) is 35.3 Å². The van der Waals surface area contributed by atoms with Crippen LogP contribution in [0.4, 0.5) is 10.1 Å². The highest BCUT2D eigenvalue weighted by Gasteiger charge is 2.38. The third-order valence-corrected chi connectivity index (χ3v) is 7.35. The Hall–Kier alpha value is -2.31. The molecule has 1 aliphatic rings. The van der Waals surface area contributed by atoms with Gasteiger partial charge in [0.1, 0.15) is 11.4 Å². The highest BCUT2D eigenvalue weighted by atomic mass is 31.2. The lowest BCUT2D eigenvalue weighted by atomic mass is 9.89. The molecule has 3 rings (SSSR count). The van der Waals surface area contributed by atoms with Gasteiger partial charge in [-0.05, 0) is 37.0 Å². The van der Waals surface area contributed by atoms with Crippen molar-refractivity contribution >= 4 is 24.3 Å². The van der Waals surface area contributed by atoms with Gasteiger partial charge in [0.15, 0.2) is 11.6 Å². The minimum Gasteiger partial charge on any atom is -0.505 e. The molecule has 1 aromatic carbocycles. The van der Waals surface area contributed by atoms with E-state index in [0.29, 0.717) is 17.9 Å². The van der Waals surface area contributed by atoms with Crippen LogP contribution in [-0.4, -0.2) is 27.2 Å². The van der Waals surface area contributed by atoms with E-state index in [-0.39, 0.29) is 40.4 Å². The van der Waals surface area contributed by atoms with Crippen molar-refractivity contribution in [2.75, 3.05) is 11.9 Å². The topological polar surface area (TPSA) is 96.1 Å². The smallest absolute Gasteiger partial charge is 0.348 e. The first kappa shape index (κ1) is 24.3. The van der Waals surface area contributed by atoms with E-state index in [1.807, 2.05) is 20.8 Å². The zero-order valence-electron chi connectivity index (χ0n) is 19.8. The molecule has 1 aromatic heterocycles. The molecule has 9 heteroatoms. The highest BCUT2D eigenvalue weighted by molar-refractivity contribution is 7.66. The predicted molar refractivity (Wildman–Crippen MR) is 126 cm³/mol. The van der Waals surface area contributed by atoms with Gasteiger partial charge >= 0.3 is 7.52 Å². The molecule has 1 unspecified atom stereocenters. The SMILES string of the molecule is CCOP1(=O)N=C(c2c(O)c(C(C)(C)C)n(CCC(C)(C)C)c2O)Nc2ccc(F)cc21. The second-order valence-corrected chi connectivity index (χ2v) is 12.3. The number of anilines is 1. The number of nitrogens with one attached hydrogen (secondary N) is 1. The number of amidine groups is 1. The van der Waals surface area contributed by atoms with Gasteiger partial charge in [-0.1, -0.05) is 41.5 Å². The van der Waals surface area contributed by atoms with Crippen molar-refractivity contribution in [2.24, 2.45) is 10.2 Å². The maximum Gasteiger partial charge on any atom is 0.348 e. The Bertz CT molecular complexity index is 1110. The summed E-state index contributed by atoms with van der Waals surface area (Å²) in [7, 11) is -3.83. The Kier molecular flexibility index (Phi) is 6.26. The Morgan fingerprint density at radius 2 is 1.84 bits per heavy atom. The predicted octanol–water partition coefficient (Wildman–Crippen LogP) is 5.50. The quantitative estimate of drug-likeness (QED) is 0.507. The molecule has 0 saturated heterocycles. The molecule has 2 heterocycles. The molecule has 1 atom stereocenters. The number of hydrogen-bond donors (Lipinski definition) is 3. The van der Waals surface area contributed by atoms with Crippen LogP contribution in [0.5, 0.6) is 11.6 Å². The van der Waals surface area contributed by atoms with Crippen LogP contribution in [0.15, 0.2) is 23.0 Å². The minimum atomic E-state index is -3.83. The van der Waals surface area contributed by atoms with Gasteiger partial charge in [-0.15, -0.1) is 0 Å². The van der Waals surface area contributed by atoms with Gasteiger partial charge in [0.05, 0.1) is 23.3 Å². The molecule has 1 aliphatic heterocycles. The third-order valence-electron chi connectivity index (χ3n) is 5.30. The van der Waals surface area contributed by atoms with E-state index >= 15 is 0 Å². The van der Waals surface area contributed by atoms with Crippen molar-refractivity contribution in [2.45, 2.75) is 66.8 Å². The first-order chi connectivity index (χ1) is 14.7. The van der Waals surface area contributed by atoms with Crippen molar-refractivity contribution in [3.8, 4) is 11.6 Å². The van der Waals surface area contributed by atoms with Gasteiger partial charge in [0.25, 0.3) is 0 Å². The number of hydrogen-bond acceptors (Lipinski definition) is 5. The van der Waals surface area contributed by atoms with Crippen LogP contribution < -0.4 is 10.6 Å². The van der Waals surface area contributed by atoms with Gasteiger partial charge in [-0.3, -0.25) is 4.57 Å². The van der Waals surface area contributed by atoms with Crippen molar-refractivity contribution in [3.63, 3.8) is 0 Å². The largest absolute Gasteiger partial charge is 0.505 e. The number of aromatic nitrogens is 1. The van der Waals surface area contributed by atoms with Gasteiger partial charge in [0, 0.05) is 12.0 Å². The summed E-state index contributed by atoms with van der Waals surface area (Å²) >= 11 is 0. The lowest BCUT2D eigenvalue weighted by Gasteiger charge is -2.25. The van der Waals surface area contributed by atoms with E-state index < -0.39 is 18.8 Å². The monoisotopic (exact) mass is 465 g/mol. The molecule has 0 aliphatic carbocycles. The molecule has 0 fully saturated rings. The van der Waals surface area contributed by atoms with E-state index in [4.69, 9.17) is 4.52 Å². The van der Waals surface area contributed by atoms with E-state index in [1.165, 1.54) is 12.1 Å². The number of fused-ring (bicyclic) bond motifs is 1. The summed E-state index contributed by atoms with van der Waals surface area (Å²) in [4.78, 5) is 0. The molecule has 32 heavy (non-hydrogen) atoms. The van der Waals surface area contributed by atoms with Crippen LogP contribution >= 0.6 is 7.52 Å². The zero-order chi connectivity index (χ0) is 24.1. The van der Waals surface area contributed by atoms with E-state index in [1.54, 1.807) is 11.5 Å². The summed E-state index contributed by atoms with van der Waals surface area (Å²) in [6.07, 6.45) is 0.761. The number of nitrogens with zero attached hydrogens (tertiary/aromatic N) is 2. The second kappa shape index (κ2) is 8.23. The molecule has 0 spiro atoms. The molecule has 2 aromatic rings. The fraction of sp³-hybridized carbons (Fsp3) is 0.522. The molecule has 7 nitrogen and oxygen atoms in total. The summed E-state index contributed by atoms with van der Waals surface area (Å²) in [5.74, 6) is -0.839. The Morgan fingerprint density at radius 1 is 1.19 bits per heavy atom. The summed E-state index contributed by atoms with van der Waals surface area (Å²) in [5, 5.41) is 25.5. The number of aromatic hydroxyl groups is 2. The van der Waals surface area contributed by atoms with Crippen molar-refractivity contribution < 1.29 is 23.7 Å². The molecule has 0 saturated carbocycles. The zero-order valence-corrected chi connectivity index (χ0v) is 20.7. The first-order valence-corrected chi connectivity index (χ1v) is 12.3. The Balaban J connectivity index is 2.21. The molecule has 176 valence electrons. The number of halogens is 1. The molecular weight excluding hydrogens is 432 g/mol. The van der Waals surface area contributed by atoms with E-state index in [0.717, 1.165) is 12.5 Å². The van der Waals surface area contributed by atoms with E-state index in [2.05, 4.69) is 30.9 Å². The minimum absolute atomic E-state index is 0.00986. The highest BCUT2D eigenvalue weighted by Crippen LogP contribution is 2.53. The van der Waals surface area contributed by atoms with Gasteiger partial charge < -0.3 is 24.6 Å².